The number of carbonyl (C=O) groups excluding carboxylic acids is 1. The van der Waals surface area contributed by atoms with Crippen LogP contribution < -0.4 is 0 Å². The molecule has 4 heteroatoms. The number of carboxylic acids is 1. The monoisotopic (exact) mass is 413 g/mol. The Kier molecular flexibility index (Phi) is 5.90. The summed E-state index contributed by atoms with van der Waals surface area (Å²) in [6, 6.07) is 27.2. The van der Waals surface area contributed by atoms with Crippen LogP contribution >= 0.6 is 0 Å². The van der Waals surface area contributed by atoms with Crippen molar-refractivity contribution in [2.75, 3.05) is 6.54 Å². The summed E-state index contributed by atoms with van der Waals surface area (Å²) in [7, 11) is 0. The Hall–Kier alpha value is -3.40. The first kappa shape index (κ1) is 20.9. The van der Waals surface area contributed by atoms with E-state index in [9.17, 15) is 14.7 Å². The van der Waals surface area contributed by atoms with Crippen molar-refractivity contribution >= 4 is 11.9 Å². The Morgan fingerprint density at radius 3 is 2.00 bits per heavy atom. The normalized spacial score (nSPS) is 18.9. The zero-order chi connectivity index (χ0) is 21.8. The average Bonchev–Trinajstić information content (AvgIpc) is 2.79. The molecule has 4 nitrogen and oxygen atoms in total. The van der Waals surface area contributed by atoms with E-state index in [0.29, 0.717) is 19.4 Å². The molecule has 0 aliphatic carbocycles. The highest BCUT2D eigenvalue weighted by Crippen LogP contribution is 2.41. The van der Waals surface area contributed by atoms with E-state index in [1.807, 2.05) is 91.9 Å². The zero-order valence-corrected chi connectivity index (χ0v) is 17.7. The number of rotatable bonds is 6. The molecule has 4 rings (SSSR count). The molecule has 3 aromatic rings. The molecule has 1 aliphatic heterocycles. The van der Waals surface area contributed by atoms with Crippen LogP contribution in [-0.4, -0.2) is 28.4 Å². The van der Waals surface area contributed by atoms with Crippen LogP contribution in [0.15, 0.2) is 84.9 Å². The maximum atomic E-state index is 13.9. The molecule has 1 atom stereocenters. The molecular formula is C27H27NO3. The Morgan fingerprint density at radius 1 is 0.935 bits per heavy atom. The lowest BCUT2D eigenvalue weighted by Gasteiger charge is -2.43. The van der Waals surface area contributed by atoms with Gasteiger partial charge in [-0.15, -0.1) is 0 Å². The van der Waals surface area contributed by atoms with E-state index in [2.05, 4.69) is 0 Å². The van der Waals surface area contributed by atoms with Crippen LogP contribution in [0.2, 0.25) is 0 Å². The Morgan fingerprint density at radius 2 is 1.48 bits per heavy atom. The third-order valence-corrected chi connectivity index (χ3v) is 6.25. The second-order valence-corrected chi connectivity index (χ2v) is 8.38. The molecule has 0 radical (unpaired) electrons. The van der Waals surface area contributed by atoms with Gasteiger partial charge in [0.1, 0.15) is 0 Å². The summed E-state index contributed by atoms with van der Waals surface area (Å²) in [6.45, 7) is 2.53. The standard InChI is InChI=1S/C27H27NO3/c1-20-13-15-21(16-14-20)19-27(26(30)31)17-8-18-28(25(27)29)24(22-9-4-2-5-10-22)23-11-6-3-7-12-23/h2-7,9-16,24H,8,17-19H2,1H3,(H,30,31). The summed E-state index contributed by atoms with van der Waals surface area (Å²) in [4.78, 5) is 28.2. The number of carboxylic acid groups (broad SMARTS) is 1. The van der Waals surface area contributed by atoms with Crippen molar-refractivity contribution in [2.24, 2.45) is 5.41 Å². The SMILES string of the molecule is Cc1ccc(CC2(C(=O)O)CCCN(C(c3ccccc3)c3ccccc3)C2=O)cc1. The molecule has 1 heterocycles. The number of nitrogens with zero attached hydrogens (tertiary/aromatic N) is 1. The maximum absolute atomic E-state index is 13.9. The van der Waals surface area contributed by atoms with E-state index in [1.165, 1.54) is 0 Å². The van der Waals surface area contributed by atoms with Gasteiger partial charge < -0.3 is 10.0 Å². The molecule has 1 N–H and O–H groups in total. The number of carbonyl (C=O) groups is 2. The first-order chi connectivity index (χ1) is 15.0. The van der Waals surface area contributed by atoms with Crippen LogP contribution in [0, 0.1) is 12.3 Å². The summed E-state index contributed by atoms with van der Waals surface area (Å²) < 4.78 is 0. The summed E-state index contributed by atoms with van der Waals surface area (Å²) >= 11 is 0. The van der Waals surface area contributed by atoms with E-state index >= 15 is 0 Å². The quantitative estimate of drug-likeness (QED) is 0.577. The second kappa shape index (κ2) is 8.76. The average molecular weight is 414 g/mol. The second-order valence-electron chi connectivity index (χ2n) is 8.38. The Labute approximate surface area is 183 Å². The predicted octanol–water partition coefficient (Wildman–Crippen LogP) is 5.02. The number of likely N-dealkylation sites (tertiary alicyclic amines) is 1. The third-order valence-electron chi connectivity index (χ3n) is 6.25. The van der Waals surface area contributed by atoms with Crippen molar-refractivity contribution in [3.63, 3.8) is 0 Å². The Balaban J connectivity index is 1.75. The lowest BCUT2D eigenvalue weighted by Crippen LogP contribution is -2.55. The molecule has 31 heavy (non-hydrogen) atoms. The summed E-state index contributed by atoms with van der Waals surface area (Å²) in [5, 5.41) is 10.3. The van der Waals surface area contributed by atoms with Crippen LogP contribution in [-0.2, 0) is 16.0 Å². The van der Waals surface area contributed by atoms with Crippen molar-refractivity contribution in [1.82, 2.24) is 4.90 Å². The number of benzene rings is 3. The van der Waals surface area contributed by atoms with E-state index in [-0.39, 0.29) is 18.4 Å². The van der Waals surface area contributed by atoms with Gasteiger partial charge in [-0.1, -0.05) is 90.5 Å². The van der Waals surface area contributed by atoms with Crippen molar-refractivity contribution in [3.8, 4) is 0 Å². The van der Waals surface area contributed by atoms with Crippen LogP contribution in [0.4, 0.5) is 0 Å². The summed E-state index contributed by atoms with van der Waals surface area (Å²) in [6.07, 6.45) is 1.20. The number of piperidine rings is 1. The van der Waals surface area contributed by atoms with Crippen molar-refractivity contribution in [1.29, 1.82) is 0 Å². The summed E-state index contributed by atoms with van der Waals surface area (Å²) in [5.41, 5.74) is 2.50. The lowest BCUT2D eigenvalue weighted by molar-refractivity contribution is -0.165. The first-order valence-electron chi connectivity index (χ1n) is 10.7. The fourth-order valence-electron chi connectivity index (χ4n) is 4.60. The number of amides is 1. The van der Waals surface area contributed by atoms with E-state index in [0.717, 1.165) is 22.3 Å². The predicted molar refractivity (Wildman–Crippen MR) is 121 cm³/mol. The van der Waals surface area contributed by atoms with Gasteiger partial charge in [0.25, 0.3) is 0 Å². The number of aliphatic carboxylic acids is 1. The van der Waals surface area contributed by atoms with Gasteiger partial charge >= 0.3 is 5.97 Å². The highest BCUT2D eigenvalue weighted by atomic mass is 16.4. The minimum atomic E-state index is -1.45. The third kappa shape index (κ3) is 4.11. The number of hydrogen-bond acceptors (Lipinski definition) is 2. The van der Waals surface area contributed by atoms with Gasteiger partial charge in [0.15, 0.2) is 5.41 Å². The number of aryl methyl sites for hydroxylation is 1. The molecule has 1 amide bonds. The molecule has 1 saturated heterocycles. The molecule has 0 aromatic heterocycles. The molecule has 0 saturated carbocycles. The number of hydrogen-bond donors (Lipinski definition) is 1. The van der Waals surface area contributed by atoms with Crippen LogP contribution in [0.1, 0.15) is 41.1 Å². The van der Waals surface area contributed by atoms with Gasteiger partial charge in [0.2, 0.25) is 5.91 Å². The topological polar surface area (TPSA) is 57.6 Å². The highest BCUT2D eigenvalue weighted by Gasteiger charge is 2.51. The minimum absolute atomic E-state index is 0.203. The molecular weight excluding hydrogens is 386 g/mol. The molecule has 158 valence electrons. The van der Waals surface area contributed by atoms with Gasteiger partial charge in [-0.3, -0.25) is 9.59 Å². The highest BCUT2D eigenvalue weighted by molar-refractivity contribution is 6.03. The van der Waals surface area contributed by atoms with Crippen LogP contribution in [0.5, 0.6) is 0 Å². The molecule has 1 aliphatic rings. The van der Waals surface area contributed by atoms with Crippen molar-refractivity contribution in [2.45, 2.75) is 32.2 Å². The molecule has 1 fully saturated rings. The van der Waals surface area contributed by atoms with Gasteiger partial charge in [0, 0.05) is 6.54 Å². The molecule has 3 aromatic carbocycles. The Bertz CT molecular complexity index is 1010. The summed E-state index contributed by atoms with van der Waals surface area (Å²) in [5.74, 6) is -1.34. The van der Waals surface area contributed by atoms with Crippen molar-refractivity contribution < 1.29 is 14.7 Å². The van der Waals surface area contributed by atoms with E-state index in [4.69, 9.17) is 0 Å². The van der Waals surface area contributed by atoms with Crippen LogP contribution in [0.25, 0.3) is 0 Å². The van der Waals surface area contributed by atoms with Gasteiger partial charge in [0.05, 0.1) is 6.04 Å². The fraction of sp³-hybridized carbons (Fsp3) is 0.259. The van der Waals surface area contributed by atoms with Gasteiger partial charge in [-0.25, -0.2) is 0 Å². The smallest absolute Gasteiger partial charge is 0.319 e. The molecule has 0 bridgehead atoms. The lowest BCUT2D eigenvalue weighted by atomic mass is 9.73. The van der Waals surface area contributed by atoms with Crippen molar-refractivity contribution in [3.05, 3.63) is 107 Å². The van der Waals surface area contributed by atoms with Crippen LogP contribution in [0.3, 0.4) is 0 Å². The van der Waals surface area contributed by atoms with E-state index < -0.39 is 11.4 Å². The molecule has 0 spiro atoms. The fourth-order valence-corrected chi connectivity index (χ4v) is 4.60. The maximum Gasteiger partial charge on any atom is 0.319 e. The largest absolute Gasteiger partial charge is 0.480 e. The minimum Gasteiger partial charge on any atom is -0.480 e. The van der Waals surface area contributed by atoms with E-state index in [1.54, 1.807) is 4.90 Å². The van der Waals surface area contributed by atoms with Gasteiger partial charge in [-0.05, 0) is 42.9 Å². The van der Waals surface area contributed by atoms with Gasteiger partial charge in [-0.2, -0.15) is 0 Å². The molecule has 1 unspecified atom stereocenters. The zero-order valence-electron chi connectivity index (χ0n) is 17.7. The first-order valence-corrected chi connectivity index (χ1v) is 10.7.